The molecule has 146 valence electrons. The number of hydrogen-bond acceptors (Lipinski definition) is 3. The summed E-state index contributed by atoms with van der Waals surface area (Å²) in [7, 11) is -3.73. The molecule has 0 radical (unpaired) electrons. The molecular weight excluding hydrogens is 362 g/mol. The van der Waals surface area contributed by atoms with Crippen molar-refractivity contribution >= 4 is 21.6 Å². The number of sulfonamides is 1. The zero-order chi connectivity index (χ0) is 20.0. The first-order chi connectivity index (χ1) is 12.7. The largest absolute Gasteiger partial charge is 0.332 e. The third-order valence-corrected chi connectivity index (χ3v) is 5.44. The lowest BCUT2D eigenvalue weighted by Gasteiger charge is -2.20. The van der Waals surface area contributed by atoms with Gasteiger partial charge in [-0.3, -0.25) is 4.79 Å². The van der Waals surface area contributed by atoms with Crippen molar-refractivity contribution in [2.24, 2.45) is 11.1 Å². The van der Waals surface area contributed by atoms with E-state index in [4.69, 9.17) is 5.14 Å². The van der Waals surface area contributed by atoms with Crippen LogP contribution >= 0.6 is 0 Å². The van der Waals surface area contributed by atoms with E-state index in [1.165, 1.54) is 35.4 Å². The number of primary sulfonamides is 1. The number of aryl methyl sites for hydroxylation is 1. The van der Waals surface area contributed by atoms with Gasteiger partial charge in [0.15, 0.2) is 6.54 Å². The van der Waals surface area contributed by atoms with E-state index in [9.17, 15) is 13.2 Å². The molecule has 0 aliphatic carbocycles. The molecule has 0 fully saturated rings. The Morgan fingerprint density at radius 3 is 2.15 bits per heavy atom. The Labute approximate surface area is 161 Å². The first-order valence-electron chi connectivity index (χ1n) is 9.05. The molecule has 0 unspecified atom stereocenters. The predicted molar refractivity (Wildman–Crippen MR) is 107 cm³/mol. The van der Waals surface area contributed by atoms with E-state index >= 15 is 0 Å². The number of hydrogen-bond donors (Lipinski definition) is 3. The van der Waals surface area contributed by atoms with Crippen molar-refractivity contribution < 1.29 is 18.5 Å². The van der Waals surface area contributed by atoms with Gasteiger partial charge in [0.25, 0.3) is 5.91 Å². The fraction of sp³-hybridized carbons (Fsp3) is 0.350. The van der Waals surface area contributed by atoms with Crippen molar-refractivity contribution in [3.8, 4) is 0 Å². The summed E-state index contributed by atoms with van der Waals surface area (Å²) in [6, 6.07) is 14.5. The minimum Gasteiger partial charge on any atom is -0.332 e. The first kappa shape index (κ1) is 21.1. The number of carbonyl (C=O) groups is 1. The molecule has 2 aromatic rings. The van der Waals surface area contributed by atoms with Crippen molar-refractivity contribution in [1.82, 2.24) is 0 Å². The van der Waals surface area contributed by atoms with Crippen LogP contribution in [0.4, 0.5) is 5.69 Å². The van der Waals surface area contributed by atoms with Crippen LogP contribution in [-0.4, -0.2) is 20.9 Å². The molecule has 27 heavy (non-hydrogen) atoms. The molecule has 0 saturated heterocycles. The number of carbonyl (C=O) groups excluding carboxylic acids is 1. The number of nitrogens with two attached hydrogens (primary N) is 2. The average Bonchev–Trinajstić information content (AvgIpc) is 2.62. The molecule has 0 saturated carbocycles. The minimum atomic E-state index is -3.73. The topological polar surface area (TPSA) is 106 Å². The van der Waals surface area contributed by atoms with E-state index in [-0.39, 0.29) is 23.4 Å². The molecule has 0 aliphatic rings. The Hall–Kier alpha value is -2.22. The lowest BCUT2D eigenvalue weighted by Crippen LogP contribution is -2.88. The number of anilines is 1. The molecule has 6 nitrogen and oxygen atoms in total. The number of nitrogens with one attached hydrogen (secondary N) is 1. The third kappa shape index (κ3) is 6.16. The van der Waals surface area contributed by atoms with Gasteiger partial charge in [-0.05, 0) is 36.2 Å². The molecule has 0 aliphatic heterocycles. The zero-order valence-electron chi connectivity index (χ0n) is 16.0. The molecule has 0 aromatic heterocycles. The van der Waals surface area contributed by atoms with Crippen LogP contribution in [0.3, 0.4) is 0 Å². The summed E-state index contributed by atoms with van der Waals surface area (Å²) in [5, 5.41) is 9.88. The van der Waals surface area contributed by atoms with Crippen LogP contribution in [0, 0.1) is 5.92 Å². The fourth-order valence-corrected chi connectivity index (χ4v) is 3.46. The van der Waals surface area contributed by atoms with Crippen LogP contribution in [0.15, 0.2) is 53.4 Å². The smallest absolute Gasteiger partial charge is 0.279 e. The van der Waals surface area contributed by atoms with Crippen LogP contribution < -0.4 is 15.8 Å². The quantitative estimate of drug-likeness (QED) is 0.640. The van der Waals surface area contributed by atoms with Crippen molar-refractivity contribution in [3.63, 3.8) is 0 Å². The molecular formula is C20H28N3O3S+. The predicted octanol–water partition coefficient (Wildman–Crippen LogP) is 1.80. The van der Waals surface area contributed by atoms with Crippen LogP contribution in [-0.2, 0) is 21.2 Å². The molecule has 2 aromatic carbocycles. The Balaban J connectivity index is 1.97. The molecule has 7 heteroatoms. The molecule has 5 N–H and O–H groups in total. The molecule has 2 rings (SSSR count). The maximum Gasteiger partial charge on any atom is 0.279 e. The zero-order valence-corrected chi connectivity index (χ0v) is 16.8. The van der Waals surface area contributed by atoms with Crippen LogP contribution in [0.25, 0.3) is 0 Å². The van der Waals surface area contributed by atoms with Gasteiger partial charge < -0.3 is 10.6 Å². The summed E-state index contributed by atoms with van der Waals surface area (Å²) in [4.78, 5) is 12.3. The summed E-state index contributed by atoms with van der Waals surface area (Å²) in [5.74, 6) is 0.230. The Morgan fingerprint density at radius 1 is 1.07 bits per heavy atom. The van der Waals surface area contributed by atoms with Gasteiger partial charge in [-0.25, -0.2) is 13.6 Å². The van der Waals surface area contributed by atoms with Crippen LogP contribution in [0.2, 0.25) is 0 Å². The number of amides is 1. The van der Waals surface area contributed by atoms with Gasteiger partial charge >= 0.3 is 0 Å². The van der Waals surface area contributed by atoms with Crippen molar-refractivity contribution in [2.75, 3.05) is 11.9 Å². The van der Waals surface area contributed by atoms with E-state index in [2.05, 4.69) is 50.4 Å². The SMILES string of the molecule is CCc1ccc([C@@H]([NH2+]CC(=O)Nc2ccc(S(N)(=O)=O)cc2)C(C)C)cc1. The average molecular weight is 391 g/mol. The summed E-state index contributed by atoms with van der Waals surface area (Å²) >= 11 is 0. The number of quaternary nitrogens is 1. The van der Waals surface area contributed by atoms with Gasteiger partial charge in [0.2, 0.25) is 10.0 Å². The van der Waals surface area contributed by atoms with Gasteiger partial charge in [-0.15, -0.1) is 0 Å². The Bertz CT molecular complexity index is 860. The molecule has 1 atom stereocenters. The van der Waals surface area contributed by atoms with Crippen molar-refractivity contribution in [2.45, 2.75) is 38.1 Å². The summed E-state index contributed by atoms with van der Waals surface area (Å²) < 4.78 is 22.5. The number of benzene rings is 2. The normalized spacial score (nSPS) is 12.8. The second kappa shape index (κ2) is 9.12. The van der Waals surface area contributed by atoms with Gasteiger partial charge in [0, 0.05) is 17.2 Å². The summed E-state index contributed by atoms with van der Waals surface area (Å²) in [6.45, 7) is 6.67. The fourth-order valence-electron chi connectivity index (χ4n) is 2.94. The van der Waals surface area contributed by atoms with Gasteiger partial charge in [0.05, 0.1) is 4.90 Å². The monoisotopic (exact) mass is 390 g/mol. The lowest BCUT2D eigenvalue weighted by atomic mass is 9.95. The van der Waals surface area contributed by atoms with Gasteiger partial charge in [0.1, 0.15) is 6.04 Å². The maximum absolute atomic E-state index is 12.3. The summed E-state index contributed by atoms with van der Waals surface area (Å²) in [6.07, 6.45) is 1.00. The Morgan fingerprint density at radius 2 is 1.67 bits per heavy atom. The standard InChI is InChI=1S/C20H27N3O3S/c1-4-15-5-7-16(8-6-15)20(14(2)3)22-13-19(24)23-17-9-11-18(12-10-17)27(21,25)26/h5-12,14,20,22H,4,13H2,1-3H3,(H,23,24)(H2,21,25,26)/p+1/t20-/m0/s1. The molecule has 0 heterocycles. The van der Waals surface area contributed by atoms with E-state index in [1.807, 2.05) is 5.32 Å². The highest BCUT2D eigenvalue weighted by atomic mass is 32.2. The van der Waals surface area contributed by atoms with Crippen LogP contribution in [0.5, 0.6) is 0 Å². The highest BCUT2D eigenvalue weighted by molar-refractivity contribution is 7.89. The Kier molecular flexibility index (Phi) is 7.12. The lowest BCUT2D eigenvalue weighted by molar-refractivity contribution is -0.692. The van der Waals surface area contributed by atoms with Gasteiger partial charge in [-0.1, -0.05) is 45.0 Å². The van der Waals surface area contributed by atoms with Crippen molar-refractivity contribution in [3.05, 3.63) is 59.7 Å². The summed E-state index contributed by atoms with van der Waals surface area (Å²) in [5.41, 5.74) is 3.03. The molecule has 1 amide bonds. The first-order valence-corrected chi connectivity index (χ1v) is 10.6. The highest BCUT2D eigenvalue weighted by Crippen LogP contribution is 2.18. The van der Waals surface area contributed by atoms with E-state index < -0.39 is 10.0 Å². The maximum atomic E-state index is 12.3. The van der Waals surface area contributed by atoms with E-state index in [0.717, 1.165) is 6.42 Å². The molecule has 0 spiro atoms. The highest BCUT2D eigenvalue weighted by Gasteiger charge is 2.20. The number of rotatable bonds is 8. The molecule has 0 bridgehead atoms. The minimum absolute atomic E-state index is 0.0162. The second-order valence-corrected chi connectivity index (χ2v) is 8.48. The van der Waals surface area contributed by atoms with Gasteiger partial charge in [-0.2, -0.15) is 0 Å². The van der Waals surface area contributed by atoms with E-state index in [0.29, 0.717) is 11.6 Å². The third-order valence-electron chi connectivity index (χ3n) is 4.51. The van der Waals surface area contributed by atoms with E-state index in [1.54, 1.807) is 0 Å². The van der Waals surface area contributed by atoms with Crippen LogP contribution in [0.1, 0.15) is 37.9 Å². The second-order valence-electron chi connectivity index (χ2n) is 6.92. The van der Waals surface area contributed by atoms with Crippen molar-refractivity contribution in [1.29, 1.82) is 0 Å².